The van der Waals surface area contributed by atoms with Crippen LogP contribution in [0.5, 0.6) is 0 Å². The van der Waals surface area contributed by atoms with Crippen molar-refractivity contribution in [2.24, 2.45) is 0 Å². The molecule has 0 aromatic heterocycles. The van der Waals surface area contributed by atoms with Crippen molar-refractivity contribution in [3.8, 4) is 0 Å². The van der Waals surface area contributed by atoms with Crippen LogP contribution in [0.1, 0.15) is 0 Å². The van der Waals surface area contributed by atoms with Crippen LogP contribution in [0.3, 0.4) is 0 Å². The van der Waals surface area contributed by atoms with Gasteiger partial charge in [-0.05, 0) is 0 Å². The summed E-state index contributed by atoms with van der Waals surface area (Å²) < 4.78 is 220. The van der Waals surface area contributed by atoms with Crippen molar-refractivity contribution in [2.75, 3.05) is 0 Å². The Bertz CT molecular complexity index is 1150. The average Bonchev–Trinajstić information content (AvgIpc) is 2.51. The largest absolute Gasteiger partial charge is 3.00 e. The molecule has 1 aliphatic carbocycles. The van der Waals surface area contributed by atoms with Gasteiger partial charge in [-0.15, -0.1) is 0 Å². The molecule has 1 fully saturated rings. The van der Waals surface area contributed by atoms with Crippen LogP contribution in [0.2, 0.25) is 0 Å². The van der Waals surface area contributed by atoms with Gasteiger partial charge in [0.25, 0.3) is 0 Å². The van der Waals surface area contributed by atoms with E-state index in [-0.39, 0.29) is 34.7 Å². The molecule has 0 saturated heterocycles. The van der Waals surface area contributed by atoms with Crippen LogP contribution in [0, 0.1) is 0 Å². The molecule has 1 saturated carbocycles. The zero-order valence-electron chi connectivity index (χ0n) is 16.9. The third-order valence-electron chi connectivity index (χ3n) is 3.32. The summed E-state index contributed by atoms with van der Waals surface area (Å²) >= 11 is 0. The average molecular weight is 708 g/mol. The van der Waals surface area contributed by atoms with Crippen LogP contribution < -0.4 is 0 Å². The summed E-state index contributed by atoms with van der Waals surface area (Å²) in [6.07, 6.45) is -21.7. The maximum absolute atomic E-state index is 11.1. The Hall–Kier alpha value is 0.285. The molecule has 24 nitrogen and oxygen atoms in total. The van der Waals surface area contributed by atoms with Crippen molar-refractivity contribution in [3.63, 3.8) is 0 Å². The molecule has 0 aromatic carbocycles. The molecule has 0 radical (unpaired) electrons. The standard InChI is InChI=1S/C6H12O24S6.2Al/c7-31(8,9)25-1-2(26-32(10,11)12)4(28-34(16,17)18)6(30-36(22,23)24)5(29-35(19,20)21)3(1)27-33(13,14)15;;/h1-6H,(H,7,8,9)(H,10,11,12)(H,13,14,15)(H,16,17,18)(H,19,20,21)(H,22,23,24);;/q;2*+3/p-6. The summed E-state index contributed by atoms with van der Waals surface area (Å²) in [5.74, 6) is 0. The van der Waals surface area contributed by atoms with Crippen LogP contribution in [0.15, 0.2) is 0 Å². The Kier molecular flexibility index (Phi) is 14.4. The Labute approximate surface area is 235 Å². The molecular weight excluding hydrogens is 702 g/mol. The summed E-state index contributed by atoms with van der Waals surface area (Å²) in [5.41, 5.74) is 0. The van der Waals surface area contributed by atoms with E-state index in [9.17, 15) is 77.8 Å². The molecule has 0 unspecified atom stereocenters. The molecule has 0 aliphatic heterocycles. The first-order chi connectivity index (χ1) is 15.6. The number of hydrogen-bond acceptors (Lipinski definition) is 24. The molecule has 0 atom stereocenters. The minimum Gasteiger partial charge on any atom is -0.726 e. The van der Waals surface area contributed by atoms with E-state index in [0.717, 1.165) is 0 Å². The predicted molar refractivity (Wildman–Crippen MR) is 98.9 cm³/mol. The predicted octanol–water partition coefficient (Wildman–Crippen LogP) is -7.69. The van der Waals surface area contributed by atoms with E-state index in [4.69, 9.17) is 0 Å². The molecule has 38 heavy (non-hydrogen) atoms. The van der Waals surface area contributed by atoms with Crippen molar-refractivity contribution in [3.05, 3.63) is 0 Å². The summed E-state index contributed by atoms with van der Waals surface area (Å²) in [5, 5.41) is 0. The molecule has 0 spiro atoms. The van der Waals surface area contributed by atoms with E-state index in [1.165, 1.54) is 0 Å². The van der Waals surface area contributed by atoms with Crippen molar-refractivity contribution in [2.45, 2.75) is 36.6 Å². The molecule has 0 aromatic rings. The molecule has 0 N–H and O–H groups in total. The Morgan fingerprint density at radius 1 is 0.289 bits per heavy atom. The van der Waals surface area contributed by atoms with E-state index in [1.807, 2.05) is 0 Å². The maximum atomic E-state index is 11.1. The molecule has 0 bridgehead atoms. The monoisotopic (exact) mass is 708 g/mol. The fourth-order valence-electron chi connectivity index (χ4n) is 2.60. The minimum atomic E-state index is -6.38. The van der Waals surface area contributed by atoms with Crippen LogP contribution in [-0.2, 0) is 87.5 Å². The van der Waals surface area contributed by atoms with E-state index < -0.39 is 99.0 Å². The second-order valence-corrected chi connectivity index (χ2v) is 11.9. The zero-order valence-corrected chi connectivity index (χ0v) is 24.1. The van der Waals surface area contributed by atoms with Gasteiger partial charge in [0, 0.05) is 0 Å². The number of hydrogen-bond donors (Lipinski definition) is 0. The summed E-state index contributed by atoms with van der Waals surface area (Å²) in [6.45, 7) is 0. The first kappa shape index (κ1) is 40.4. The van der Waals surface area contributed by atoms with Crippen LogP contribution >= 0.6 is 0 Å². The Balaban J connectivity index is 0. The second kappa shape index (κ2) is 13.5. The smallest absolute Gasteiger partial charge is 0.726 e. The fraction of sp³-hybridized carbons (Fsp3) is 1.00. The molecule has 1 rings (SSSR count). The summed E-state index contributed by atoms with van der Waals surface area (Å²) in [4.78, 5) is 0. The molecule has 1 aliphatic rings. The molecule has 216 valence electrons. The SMILES string of the molecule is O=S(=O)([O-])OC1C(OS(=O)(=O)[O-])C(OS(=O)(=O)[O-])C(OS(=O)(=O)[O-])C(OS(=O)(=O)[O-])C1OS(=O)(=O)[O-].[Al+3].[Al+3]. The van der Waals surface area contributed by atoms with E-state index in [0.29, 0.717) is 0 Å². The van der Waals surface area contributed by atoms with Crippen LogP contribution in [-0.4, -0.2) is 149 Å². The number of rotatable bonds is 12. The normalized spacial score (nSPS) is 27.6. The van der Waals surface area contributed by atoms with Crippen molar-refractivity contribution in [1.29, 1.82) is 0 Å². The van der Waals surface area contributed by atoms with Gasteiger partial charge >= 0.3 is 34.7 Å². The van der Waals surface area contributed by atoms with Gasteiger partial charge in [0.05, 0.1) is 0 Å². The third-order valence-corrected chi connectivity index (χ3v) is 6.06. The zero-order chi connectivity index (χ0) is 28.7. The third kappa shape index (κ3) is 15.3. The minimum absolute atomic E-state index is 0. The van der Waals surface area contributed by atoms with Crippen molar-refractivity contribution in [1.82, 2.24) is 0 Å². The van der Waals surface area contributed by atoms with Crippen LogP contribution in [0.4, 0.5) is 0 Å². The maximum Gasteiger partial charge on any atom is 3.00 e. The first-order valence-electron chi connectivity index (χ1n) is 7.41. The Morgan fingerprint density at radius 3 is 0.421 bits per heavy atom. The van der Waals surface area contributed by atoms with E-state index in [2.05, 4.69) is 25.1 Å². The topological polar surface area (TPSA) is 399 Å². The summed E-state index contributed by atoms with van der Waals surface area (Å²) in [6, 6.07) is 0. The Morgan fingerprint density at radius 2 is 0.368 bits per heavy atom. The van der Waals surface area contributed by atoms with Crippen molar-refractivity contribution < 1.29 is 103 Å². The van der Waals surface area contributed by atoms with Gasteiger partial charge in [-0.2, -0.15) is 0 Å². The van der Waals surface area contributed by atoms with E-state index >= 15 is 0 Å². The first-order valence-corrected chi connectivity index (χ1v) is 15.4. The van der Waals surface area contributed by atoms with Gasteiger partial charge in [-0.3, -0.25) is 25.1 Å². The van der Waals surface area contributed by atoms with Crippen LogP contribution in [0.25, 0.3) is 0 Å². The van der Waals surface area contributed by atoms with Gasteiger partial charge in [-0.1, -0.05) is 0 Å². The van der Waals surface area contributed by atoms with Gasteiger partial charge in [0.1, 0.15) is 36.6 Å². The van der Waals surface area contributed by atoms with Gasteiger partial charge in [-0.25, -0.2) is 50.5 Å². The molecule has 0 heterocycles. The summed E-state index contributed by atoms with van der Waals surface area (Å²) in [7, 11) is -38.3. The quantitative estimate of drug-likeness (QED) is 0.103. The van der Waals surface area contributed by atoms with E-state index in [1.54, 1.807) is 0 Å². The van der Waals surface area contributed by atoms with Gasteiger partial charge in [0.15, 0.2) is 0 Å². The second-order valence-electron chi connectivity index (χ2n) is 5.81. The van der Waals surface area contributed by atoms with Gasteiger partial charge in [0.2, 0.25) is 62.4 Å². The molecule has 0 amide bonds. The van der Waals surface area contributed by atoms with Crippen molar-refractivity contribution >= 4 is 97.1 Å². The molecular formula is C6H6Al2O24S6. The fourth-order valence-corrected chi connectivity index (χ4v) is 5.54. The molecule has 32 heteroatoms. The van der Waals surface area contributed by atoms with Gasteiger partial charge < -0.3 is 27.3 Å².